The van der Waals surface area contributed by atoms with E-state index in [-0.39, 0.29) is 37.5 Å². The predicted octanol–water partition coefficient (Wildman–Crippen LogP) is 19.1. The van der Waals surface area contributed by atoms with Crippen molar-refractivity contribution >= 4 is 17.9 Å². The molecule has 0 aliphatic heterocycles. The predicted molar refractivity (Wildman–Crippen MR) is 297 cm³/mol. The third kappa shape index (κ3) is 54.9. The highest BCUT2D eigenvalue weighted by Gasteiger charge is 2.19. The Morgan fingerprint density at radius 2 is 0.565 bits per heavy atom. The molecule has 392 valence electrons. The first-order valence-electron chi connectivity index (χ1n) is 28.4. The molecule has 0 radical (unpaired) electrons. The van der Waals surface area contributed by atoms with E-state index in [0.29, 0.717) is 19.3 Å². The van der Waals surface area contributed by atoms with Crippen LogP contribution in [0.5, 0.6) is 0 Å². The van der Waals surface area contributed by atoms with E-state index in [0.717, 1.165) is 103 Å². The van der Waals surface area contributed by atoms with Crippen molar-refractivity contribution in [3.63, 3.8) is 0 Å². The molecule has 6 heteroatoms. The molecule has 0 aliphatic rings. The Bertz CT molecular complexity index is 1420. The van der Waals surface area contributed by atoms with Gasteiger partial charge in [-0.1, -0.05) is 214 Å². The second-order valence-corrected chi connectivity index (χ2v) is 18.5. The van der Waals surface area contributed by atoms with Crippen LogP contribution in [0.25, 0.3) is 0 Å². The van der Waals surface area contributed by atoms with Crippen LogP contribution in [0.2, 0.25) is 0 Å². The molecule has 0 aromatic carbocycles. The summed E-state index contributed by atoms with van der Waals surface area (Å²) in [7, 11) is 0. The summed E-state index contributed by atoms with van der Waals surface area (Å²) in [5.74, 6) is -0.984. The van der Waals surface area contributed by atoms with Gasteiger partial charge in [-0.25, -0.2) is 0 Å². The van der Waals surface area contributed by atoms with Gasteiger partial charge in [0.25, 0.3) is 0 Å². The van der Waals surface area contributed by atoms with Crippen molar-refractivity contribution in [1.82, 2.24) is 0 Å². The number of esters is 3. The quantitative estimate of drug-likeness (QED) is 0.0262. The Morgan fingerprint density at radius 3 is 0.971 bits per heavy atom. The monoisotopic (exact) mass is 957 g/mol. The number of carbonyl (C=O) groups is 3. The SMILES string of the molecule is CC/C=C\C/C=C\C/C=C\C/C=C\C/C=C\CCCCCC(=O)O[C@H](COC(=O)CCCC/C=C\C/C=C\C/C=C\CCCCC)COC(=O)CCCCCCCCC/C=C\CCCCCCCC. The Kier molecular flexibility index (Phi) is 53.4. The van der Waals surface area contributed by atoms with Crippen molar-refractivity contribution < 1.29 is 28.6 Å². The van der Waals surface area contributed by atoms with E-state index in [1.165, 1.54) is 103 Å². The largest absolute Gasteiger partial charge is 0.462 e. The number of ether oxygens (including phenoxy) is 3. The normalized spacial score (nSPS) is 12.9. The Labute approximate surface area is 425 Å². The Hall–Kier alpha value is -3.93. The molecule has 0 saturated carbocycles. The van der Waals surface area contributed by atoms with Gasteiger partial charge in [-0.05, 0) is 128 Å². The van der Waals surface area contributed by atoms with Crippen molar-refractivity contribution in [3.05, 3.63) is 109 Å². The summed E-state index contributed by atoms with van der Waals surface area (Å²) < 4.78 is 16.8. The van der Waals surface area contributed by atoms with Crippen molar-refractivity contribution in [1.29, 1.82) is 0 Å². The summed E-state index contributed by atoms with van der Waals surface area (Å²) in [6.45, 7) is 6.43. The fourth-order valence-corrected chi connectivity index (χ4v) is 7.47. The van der Waals surface area contributed by atoms with Crippen LogP contribution in [0, 0.1) is 0 Å². The van der Waals surface area contributed by atoms with Gasteiger partial charge in [0.1, 0.15) is 13.2 Å². The van der Waals surface area contributed by atoms with Crippen LogP contribution < -0.4 is 0 Å². The maximum Gasteiger partial charge on any atom is 0.306 e. The van der Waals surface area contributed by atoms with Crippen molar-refractivity contribution in [2.45, 2.75) is 258 Å². The molecule has 0 bridgehead atoms. The molecule has 0 spiro atoms. The van der Waals surface area contributed by atoms with E-state index in [4.69, 9.17) is 14.2 Å². The van der Waals surface area contributed by atoms with Crippen LogP contribution >= 0.6 is 0 Å². The van der Waals surface area contributed by atoms with Gasteiger partial charge in [0.2, 0.25) is 0 Å². The highest BCUT2D eigenvalue weighted by atomic mass is 16.6. The van der Waals surface area contributed by atoms with Crippen LogP contribution in [0.15, 0.2) is 109 Å². The van der Waals surface area contributed by atoms with E-state index in [1.807, 2.05) is 0 Å². The molecule has 0 fully saturated rings. The fourth-order valence-electron chi connectivity index (χ4n) is 7.47. The average molecular weight is 958 g/mol. The van der Waals surface area contributed by atoms with Crippen LogP contribution in [0.1, 0.15) is 252 Å². The highest BCUT2D eigenvalue weighted by Crippen LogP contribution is 2.13. The number of allylic oxidation sites excluding steroid dienone is 18. The van der Waals surface area contributed by atoms with Gasteiger partial charge >= 0.3 is 17.9 Å². The lowest BCUT2D eigenvalue weighted by Gasteiger charge is -2.18. The lowest BCUT2D eigenvalue weighted by Crippen LogP contribution is -2.30. The molecule has 0 aliphatic carbocycles. The molecule has 0 N–H and O–H groups in total. The lowest BCUT2D eigenvalue weighted by atomic mass is 10.1. The molecule has 0 unspecified atom stereocenters. The zero-order valence-electron chi connectivity index (χ0n) is 44.8. The minimum absolute atomic E-state index is 0.107. The third-order valence-electron chi connectivity index (χ3n) is 11.7. The number of unbranched alkanes of at least 4 members (excludes halogenated alkanes) is 21. The van der Waals surface area contributed by atoms with E-state index in [2.05, 4.69) is 130 Å². The molecule has 6 nitrogen and oxygen atoms in total. The second-order valence-electron chi connectivity index (χ2n) is 18.5. The van der Waals surface area contributed by atoms with Crippen molar-refractivity contribution in [3.8, 4) is 0 Å². The molecule has 0 aromatic rings. The van der Waals surface area contributed by atoms with Crippen LogP contribution in [-0.4, -0.2) is 37.2 Å². The van der Waals surface area contributed by atoms with Gasteiger partial charge < -0.3 is 14.2 Å². The van der Waals surface area contributed by atoms with Crippen LogP contribution in [0.4, 0.5) is 0 Å². The van der Waals surface area contributed by atoms with Crippen molar-refractivity contribution in [2.24, 2.45) is 0 Å². The summed E-state index contributed by atoms with van der Waals surface area (Å²) >= 11 is 0. The number of rotatable bonds is 50. The molecule has 69 heavy (non-hydrogen) atoms. The Balaban J connectivity index is 4.52. The molecular weight excluding hydrogens is 853 g/mol. The first kappa shape index (κ1) is 65.1. The van der Waals surface area contributed by atoms with E-state index in [1.54, 1.807) is 0 Å². The molecule has 1 atom stereocenters. The highest BCUT2D eigenvalue weighted by molar-refractivity contribution is 5.71. The van der Waals surface area contributed by atoms with Gasteiger partial charge in [-0.2, -0.15) is 0 Å². The first-order valence-corrected chi connectivity index (χ1v) is 28.4. The van der Waals surface area contributed by atoms with Gasteiger partial charge in [0.05, 0.1) is 0 Å². The lowest BCUT2D eigenvalue weighted by molar-refractivity contribution is -0.167. The summed E-state index contributed by atoms with van der Waals surface area (Å²) in [5, 5.41) is 0. The molecular formula is C63H104O6. The molecule has 0 aromatic heterocycles. The maximum absolute atomic E-state index is 12.8. The first-order chi connectivity index (χ1) is 34.0. The molecule has 0 heterocycles. The molecule has 0 amide bonds. The van der Waals surface area contributed by atoms with Crippen LogP contribution in [0.3, 0.4) is 0 Å². The van der Waals surface area contributed by atoms with Gasteiger partial charge in [0, 0.05) is 19.3 Å². The topological polar surface area (TPSA) is 78.9 Å². The second kappa shape index (κ2) is 56.7. The van der Waals surface area contributed by atoms with Gasteiger partial charge in [-0.15, -0.1) is 0 Å². The van der Waals surface area contributed by atoms with Crippen LogP contribution in [-0.2, 0) is 28.6 Å². The van der Waals surface area contributed by atoms with E-state index >= 15 is 0 Å². The summed E-state index contributed by atoms with van der Waals surface area (Å²) in [5.41, 5.74) is 0. The molecule has 0 saturated heterocycles. The smallest absolute Gasteiger partial charge is 0.306 e. The Morgan fingerprint density at radius 1 is 0.304 bits per heavy atom. The van der Waals surface area contributed by atoms with Gasteiger partial charge in [0.15, 0.2) is 6.10 Å². The number of carbonyl (C=O) groups excluding carboxylic acids is 3. The van der Waals surface area contributed by atoms with Gasteiger partial charge in [-0.3, -0.25) is 14.4 Å². The zero-order valence-corrected chi connectivity index (χ0v) is 44.8. The summed E-state index contributed by atoms with van der Waals surface area (Å²) in [4.78, 5) is 38.1. The number of hydrogen-bond donors (Lipinski definition) is 0. The molecule has 0 rings (SSSR count). The minimum atomic E-state index is -0.815. The van der Waals surface area contributed by atoms with E-state index < -0.39 is 6.10 Å². The summed E-state index contributed by atoms with van der Waals surface area (Å²) in [6.07, 6.45) is 76.5. The fraction of sp³-hybridized carbons (Fsp3) is 0.667. The zero-order chi connectivity index (χ0) is 50.0. The maximum atomic E-state index is 12.8. The number of hydrogen-bond acceptors (Lipinski definition) is 6. The summed E-state index contributed by atoms with van der Waals surface area (Å²) in [6, 6.07) is 0. The minimum Gasteiger partial charge on any atom is -0.462 e. The average Bonchev–Trinajstić information content (AvgIpc) is 3.35. The standard InChI is InChI=1S/C63H104O6/c1-4-7-10-13-16-19-22-25-28-30-31-33-36-39-42-45-48-51-54-57-63(66)69-60(58-67-61(64)55-52-49-46-43-40-37-34-27-24-21-18-15-12-9-6-3)59-68-62(65)56-53-50-47-44-41-38-35-32-29-26-23-20-17-14-11-8-5-2/h7,10,16,18-19,21,25-29,31,33-34,39-40,42-43,60H,4-6,8-9,11-15,17,20,22-24,30,32,35-38,41,44-59H2,1-3H3/b10-7-,19-16-,21-18-,28-25-,29-26-,33-31-,34-27-,42-39-,43-40-/t60-/m1/s1. The third-order valence-corrected chi connectivity index (χ3v) is 11.7. The van der Waals surface area contributed by atoms with E-state index in [9.17, 15) is 14.4 Å². The van der Waals surface area contributed by atoms with Crippen molar-refractivity contribution in [2.75, 3.05) is 13.2 Å².